The van der Waals surface area contributed by atoms with Gasteiger partial charge in [-0.05, 0) is 48.9 Å². The summed E-state index contributed by atoms with van der Waals surface area (Å²) in [4.78, 5) is 24.7. The number of anilines is 1. The van der Waals surface area contributed by atoms with Crippen molar-refractivity contribution in [2.75, 3.05) is 24.2 Å². The molecule has 0 fully saturated rings. The molecule has 0 saturated carbocycles. The highest BCUT2D eigenvalue weighted by Crippen LogP contribution is 2.31. The number of ether oxygens (including phenoxy) is 3. The van der Waals surface area contributed by atoms with E-state index in [9.17, 15) is 18.0 Å². The fourth-order valence-electron chi connectivity index (χ4n) is 2.81. The molecule has 2 aromatic rings. The van der Waals surface area contributed by atoms with Gasteiger partial charge in [-0.25, -0.2) is 8.42 Å². The van der Waals surface area contributed by atoms with Crippen molar-refractivity contribution in [3.63, 3.8) is 0 Å². The molecule has 0 aliphatic carbocycles. The molecule has 9 heteroatoms. The topological polar surface area (TPSA) is 108 Å². The fraction of sp³-hybridized carbons (Fsp3) is 0.300. The predicted molar refractivity (Wildman–Crippen MR) is 106 cm³/mol. The maximum atomic E-state index is 12.5. The number of nitrogens with one attached hydrogen (secondary N) is 1. The molecule has 1 N–H and O–H groups in total. The first-order chi connectivity index (χ1) is 13.7. The molecule has 0 saturated heterocycles. The van der Waals surface area contributed by atoms with Crippen LogP contribution in [0.1, 0.15) is 22.8 Å². The maximum absolute atomic E-state index is 12.5. The summed E-state index contributed by atoms with van der Waals surface area (Å²) in [5.41, 5.74) is 1.34. The first kappa shape index (κ1) is 20.7. The Bertz CT molecular complexity index is 1020. The van der Waals surface area contributed by atoms with Crippen LogP contribution < -0.4 is 14.2 Å². The van der Waals surface area contributed by atoms with E-state index in [-0.39, 0.29) is 12.2 Å². The van der Waals surface area contributed by atoms with E-state index in [4.69, 9.17) is 14.2 Å². The molecule has 0 amide bonds. The van der Waals surface area contributed by atoms with Crippen LogP contribution in [0.5, 0.6) is 11.5 Å². The number of Topliss-reactive ketones (excluding diaryl/α,β-unsaturated/α-hetero) is 1. The Morgan fingerprint density at radius 3 is 2.38 bits per heavy atom. The molecule has 0 bridgehead atoms. The number of hydrogen-bond donors (Lipinski definition) is 1. The Labute approximate surface area is 168 Å². The van der Waals surface area contributed by atoms with Gasteiger partial charge in [-0.1, -0.05) is 6.07 Å². The van der Waals surface area contributed by atoms with Gasteiger partial charge in [0, 0.05) is 11.3 Å². The normalized spacial score (nSPS) is 14.0. The highest BCUT2D eigenvalue weighted by molar-refractivity contribution is 7.92. The fourth-order valence-corrected chi connectivity index (χ4v) is 3.37. The standard InChI is InChI=1S/C20H21NO7S/c1-13(20(23)15-4-6-16(7-5-15)21-29(2,24)25)28-19(22)12-14-3-8-17-18(11-14)27-10-9-26-17/h3-8,11,13,21H,9-10,12H2,1-2H3/t13-/m0/s1. The van der Waals surface area contributed by atoms with Crippen molar-refractivity contribution in [3.8, 4) is 11.5 Å². The summed E-state index contributed by atoms with van der Waals surface area (Å²) in [6, 6.07) is 11.1. The highest BCUT2D eigenvalue weighted by atomic mass is 32.2. The van der Waals surface area contributed by atoms with Crippen LogP contribution in [0.25, 0.3) is 0 Å². The van der Waals surface area contributed by atoms with Crippen molar-refractivity contribution in [2.45, 2.75) is 19.4 Å². The van der Waals surface area contributed by atoms with E-state index in [1.165, 1.54) is 31.2 Å². The molecule has 8 nitrogen and oxygen atoms in total. The van der Waals surface area contributed by atoms with E-state index in [0.29, 0.717) is 41.5 Å². The van der Waals surface area contributed by atoms with Crippen LogP contribution in [-0.4, -0.2) is 45.7 Å². The lowest BCUT2D eigenvalue weighted by molar-refractivity contribution is -0.145. The minimum absolute atomic E-state index is 0.00846. The molecule has 0 unspecified atom stereocenters. The maximum Gasteiger partial charge on any atom is 0.310 e. The van der Waals surface area contributed by atoms with Crippen LogP contribution in [-0.2, 0) is 26.0 Å². The summed E-state index contributed by atoms with van der Waals surface area (Å²) in [6.07, 6.45) is 0.0502. The Balaban J connectivity index is 1.58. The lowest BCUT2D eigenvalue weighted by Gasteiger charge is -2.19. The van der Waals surface area contributed by atoms with E-state index < -0.39 is 22.1 Å². The van der Waals surface area contributed by atoms with Crippen molar-refractivity contribution >= 4 is 27.5 Å². The molecular weight excluding hydrogens is 398 g/mol. The second-order valence-corrected chi connectivity index (χ2v) is 8.35. The number of carbonyl (C=O) groups excluding carboxylic acids is 2. The molecule has 0 radical (unpaired) electrons. The first-order valence-electron chi connectivity index (χ1n) is 8.91. The zero-order chi connectivity index (χ0) is 21.0. The van der Waals surface area contributed by atoms with Crippen molar-refractivity contribution in [2.24, 2.45) is 0 Å². The molecule has 0 aromatic heterocycles. The molecule has 154 valence electrons. The molecule has 29 heavy (non-hydrogen) atoms. The largest absolute Gasteiger partial charge is 0.486 e. The molecule has 1 aliphatic rings. The molecule has 1 atom stereocenters. The van der Waals surface area contributed by atoms with Gasteiger partial charge in [0.2, 0.25) is 15.8 Å². The minimum Gasteiger partial charge on any atom is -0.486 e. The van der Waals surface area contributed by atoms with Gasteiger partial charge in [0.25, 0.3) is 0 Å². The summed E-state index contributed by atoms with van der Waals surface area (Å²) in [5.74, 6) is 0.281. The number of ketones is 1. The van der Waals surface area contributed by atoms with Gasteiger partial charge >= 0.3 is 5.97 Å². The van der Waals surface area contributed by atoms with E-state index in [1.54, 1.807) is 18.2 Å². The molecule has 2 aromatic carbocycles. The number of esters is 1. The highest BCUT2D eigenvalue weighted by Gasteiger charge is 2.20. The SMILES string of the molecule is C[C@H](OC(=O)Cc1ccc2c(c1)OCCO2)C(=O)c1ccc(NS(C)(=O)=O)cc1. The monoisotopic (exact) mass is 419 g/mol. The Morgan fingerprint density at radius 2 is 1.72 bits per heavy atom. The second-order valence-electron chi connectivity index (χ2n) is 6.60. The van der Waals surface area contributed by atoms with Crippen LogP contribution >= 0.6 is 0 Å². The van der Waals surface area contributed by atoms with Crippen molar-refractivity contribution < 1.29 is 32.2 Å². The van der Waals surface area contributed by atoms with E-state index in [2.05, 4.69) is 4.72 Å². The van der Waals surface area contributed by atoms with E-state index >= 15 is 0 Å². The zero-order valence-corrected chi connectivity index (χ0v) is 16.8. The third-order valence-corrected chi connectivity index (χ3v) is 4.71. The lowest BCUT2D eigenvalue weighted by Crippen LogP contribution is -2.25. The third-order valence-electron chi connectivity index (χ3n) is 4.11. The molecule has 1 heterocycles. The number of benzene rings is 2. The van der Waals surface area contributed by atoms with Crippen molar-refractivity contribution in [1.29, 1.82) is 0 Å². The lowest BCUT2D eigenvalue weighted by atomic mass is 10.1. The van der Waals surface area contributed by atoms with Gasteiger partial charge in [-0.15, -0.1) is 0 Å². The first-order valence-corrected chi connectivity index (χ1v) is 10.8. The number of rotatable bonds is 7. The van der Waals surface area contributed by atoms with Gasteiger partial charge in [-0.2, -0.15) is 0 Å². The van der Waals surface area contributed by atoms with E-state index in [1.807, 2.05) is 0 Å². The summed E-state index contributed by atoms with van der Waals surface area (Å²) < 4.78 is 41.0. The van der Waals surface area contributed by atoms with Gasteiger partial charge in [0.15, 0.2) is 17.6 Å². The van der Waals surface area contributed by atoms with Crippen LogP contribution in [0, 0.1) is 0 Å². The van der Waals surface area contributed by atoms with Gasteiger partial charge in [0.1, 0.15) is 13.2 Å². The number of sulfonamides is 1. The van der Waals surface area contributed by atoms with Crippen LogP contribution in [0.2, 0.25) is 0 Å². The van der Waals surface area contributed by atoms with E-state index in [0.717, 1.165) is 6.26 Å². The Morgan fingerprint density at radius 1 is 1.07 bits per heavy atom. The average molecular weight is 419 g/mol. The molecular formula is C20H21NO7S. The quantitative estimate of drug-likeness (QED) is 0.541. The summed E-state index contributed by atoms with van der Waals surface area (Å²) in [7, 11) is -3.40. The molecule has 0 spiro atoms. The smallest absolute Gasteiger partial charge is 0.310 e. The van der Waals surface area contributed by atoms with Gasteiger partial charge in [-0.3, -0.25) is 14.3 Å². The predicted octanol–water partition coefficient (Wildman–Crippen LogP) is 2.19. The zero-order valence-electron chi connectivity index (χ0n) is 16.0. The van der Waals surface area contributed by atoms with Crippen molar-refractivity contribution in [3.05, 3.63) is 53.6 Å². The number of carbonyl (C=O) groups is 2. The van der Waals surface area contributed by atoms with Gasteiger partial charge in [0.05, 0.1) is 12.7 Å². The molecule has 1 aliphatic heterocycles. The van der Waals surface area contributed by atoms with Crippen molar-refractivity contribution in [1.82, 2.24) is 0 Å². The van der Waals surface area contributed by atoms with Crippen LogP contribution in [0.3, 0.4) is 0 Å². The minimum atomic E-state index is -3.40. The Hall–Kier alpha value is -3.07. The van der Waals surface area contributed by atoms with Crippen LogP contribution in [0.15, 0.2) is 42.5 Å². The molecule has 3 rings (SSSR count). The Kier molecular flexibility index (Phi) is 6.07. The number of fused-ring (bicyclic) bond motifs is 1. The summed E-state index contributed by atoms with van der Waals surface area (Å²) in [6.45, 7) is 2.43. The summed E-state index contributed by atoms with van der Waals surface area (Å²) >= 11 is 0. The summed E-state index contributed by atoms with van der Waals surface area (Å²) in [5, 5.41) is 0. The van der Waals surface area contributed by atoms with Crippen LogP contribution in [0.4, 0.5) is 5.69 Å². The second kappa shape index (κ2) is 8.52. The average Bonchev–Trinajstić information content (AvgIpc) is 2.66. The number of hydrogen-bond acceptors (Lipinski definition) is 7. The third kappa shape index (κ3) is 5.71. The van der Waals surface area contributed by atoms with Gasteiger partial charge < -0.3 is 14.2 Å².